The van der Waals surface area contributed by atoms with Crippen molar-refractivity contribution in [1.29, 1.82) is 0 Å². The van der Waals surface area contributed by atoms with E-state index in [2.05, 4.69) is 20.6 Å². The quantitative estimate of drug-likeness (QED) is 0.567. The van der Waals surface area contributed by atoms with Gasteiger partial charge in [0, 0.05) is 24.8 Å². The fraction of sp³-hybridized carbons (Fsp3) is 0.273. The number of hydrogen-bond donors (Lipinski definition) is 2. The first-order chi connectivity index (χ1) is 14.1. The summed E-state index contributed by atoms with van der Waals surface area (Å²) in [5.74, 6) is 3.58. The summed E-state index contributed by atoms with van der Waals surface area (Å²) < 4.78 is 15.8. The summed E-state index contributed by atoms with van der Waals surface area (Å²) in [5, 5.41) is 6.61. The highest BCUT2D eigenvalue weighted by molar-refractivity contribution is 5.46. The molecule has 0 fully saturated rings. The van der Waals surface area contributed by atoms with E-state index in [0.717, 1.165) is 28.4 Å². The van der Waals surface area contributed by atoms with Gasteiger partial charge in [-0.05, 0) is 42.3 Å². The van der Waals surface area contributed by atoms with Crippen molar-refractivity contribution in [2.75, 3.05) is 32.0 Å². The second-order valence-electron chi connectivity index (χ2n) is 6.46. The molecular formula is C22H26N4O3. The van der Waals surface area contributed by atoms with Crippen LogP contribution in [0.2, 0.25) is 0 Å². The number of hydrogen-bond acceptors (Lipinski definition) is 7. The van der Waals surface area contributed by atoms with E-state index in [9.17, 15) is 0 Å². The molecule has 3 rings (SSSR count). The molecule has 7 heteroatoms. The third-order valence-corrected chi connectivity index (χ3v) is 4.39. The molecule has 0 bridgehead atoms. The minimum atomic E-state index is 0.579. The van der Waals surface area contributed by atoms with E-state index in [1.54, 1.807) is 21.3 Å². The van der Waals surface area contributed by atoms with E-state index in [1.165, 1.54) is 0 Å². The Balaban J connectivity index is 1.64. The van der Waals surface area contributed by atoms with Crippen LogP contribution in [0, 0.1) is 6.92 Å². The zero-order chi connectivity index (χ0) is 20.6. The summed E-state index contributed by atoms with van der Waals surface area (Å²) in [6, 6.07) is 15.6. The fourth-order valence-corrected chi connectivity index (χ4v) is 2.85. The van der Waals surface area contributed by atoms with Gasteiger partial charge in [0.2, 0.25) is 5.95 Å². The topological polar surface area (TPSA) is 77.5 Å². The molecule has 3 aromatic rings. The number of benzene rings is 2. The molecule has 2 N–H and O–H groups in total. The van der Waals surface area contributed by atoms with E-state index >= 15 is 0 Å². The van der Waals surface area contributed by atoms with Crippen LogP contribution in [0.25, 0.3) is 0 Å². The molecule has 1 aromatic heterocycles. The average Bonchev–Trinajstić information content (AvgIpc) is 2.76. The fourth-order valence-electron chi connectivity index (χ4n) is 2.85. The predicted molar refractivity (Wildman–Crippen MR) is 114 cm³/mol. The normalized spacial score (nSPS) is 10.3. The molecule has 0 aliphatic heterocycles. The molecule has 0 spiro atoms. The van der Waals surface area contributed by atoms with E-state index in [1.807, 2.05) is 55.5 Å². The maximum absolute atomic E-state index is 5.36. The van der Waals surface area contributed by atoms with E-state index in [-0.39, 0.29) is 0 Å². The lowest BCUT2D eigenvalue weighted by atomic mass is 10.2. The van der Waals surface area contributed by atoms with Crippen LogP contribution in [0.15, 0.2) is 48.5 Å². The van der Waals surface area contributed by atoms with Crippen molar-refractivity contribution in [2.45, 2.75) is 20.0 Å². The van der Waals surface area contributed by atoms with Gasteiger partial charge < -0.3 is 24.8 Å². The Hall–Kier alpha value is -3.48. The summed E-state index contributed by atoms with van der Waals surface area (Å²) in [6.45, 7) is 3.18. The number of anilines is 2. The maximum Gasteiger partial charge on any atom is 0.225 e. The molecule has 0 saturated carbocycles. The van der Waals surface area contributed by atoms with Crippen LogP contribution in [-0.2, 0) is 13.1 Å². The molecule has 2 aromatic carbocycles. The largest absolute Gasteiger partial charge is 0.497 e. The first kappa shape index (κ1) is 20.3. The highest BCUT2D eigenvalue weighted by Crippen LogP contribution is 2.27. The Labute approximate surface area is 171 Å². The number of aromatic nitrogens is 2. The average molecular weight is 394 g/mol. The van der Waals surface area contributed by atoms with Crippen LogP contribution in [0.4, 0.5) is 11.8 Å². The van der Waals surface area contributed by atoms with Crippen molar-refractivity contribution in [2.24, 2.45) is 0 Å². The van der Waals surface area contributed by atoms with Crippen molar-refractivity contribution < 1.29 is 14.2 Å². The van der Waals surface area contributed by atoms with Crippen molar-refractivity contribution in [3.05, 3.63) is 65.4 Å². The summed E-state index contributed by atoms with van der Waals surface area (Å²) in [7, 11) is 4.91. The van der Waals surface area contributed by atoms with Crippen LogP contribution in [0.5, 0.6) is 17.2 Å². The van der Waals surface area contributed by atoms with E-state index < -0.39 is 0 Å². The Morgan fingerprint density at radius 1 is 0.724 bits per heavy atom. The van der Waals surface area contributed by atoms with Gasteiger partial charge >= 0.3 is 0 Å². The van der Waals surface area contributed by atoms with E-state index in [4.69, 9.17) is 14.2 Å². The molecule has 29 heavy (non-hydrogen) atoms. The lowest BCUT2D eigenvalue weighted by Crippen LogP contribution is -2.08. The number of aryl methyl sites for hydroxylation is 1. The second kappa shape index (κ2) is 9.64. The van der Waals surface area contributed by atoms with Gasteiger partial charge in [-0.3, -0.25) is 0 Å². The lowest BCUT2D eigenvalue weighted by molar-refractivity contribution is 0.354. The Morgan fingerprint density at radius 2 is 1.41 bits per heavy atom. The summed E-state index contributed by atoms with van der Waals surface area (Å²) >= 11 is 0. The van der Waals surface area contributed by atoms with Gasteiger partial charge in [-0.2, -0.15) is 4.98 Å². The zero-order valence-electron chi connectivity index (χ0n) is 17.2. The van der Waals surface area contributed by atoms with Gasteiger partial charge in [-0.15, -0.1) is 0 Å². The highest BCUT2D eigenvalue weighted by Gasteiger charge is 2.06. The smallest absolute Gasteiger partial charge is 0.225 e. The monoisotopic (exact) mass is 394 g/mol. The van der Waals surface area contributed by atoms with Crippen LogP contribution < -0.4 is 24.8 Å². The van der Waals surface area contributed by atoms with Gasteiger partial charge in [0.1, 0.15) is 11.6 Å². The second-order valence-corrected chi connectivity index (χ2v) is 6.46. The number of ether oxygens (including phenoxy) is 3. The van der Waals surface area contributed by atoms with Crippen LogP contribution >= 0.6 is 0 Å². The number of nitrogens with one attached hydrogen (secondary N) is 2. The van der Waals surface area contributed by atoms with Crippen molar-refractivity contribution in [3.8, 4) is 17.2 Å². The summed E-state index contributed by atoms with van der Waals surface area (Å²) in [6.07, 6.45) is 0. The molecule has 152 valence electrons. The summed E-state index contributed by atoms with van der Waals surface area (Å²) in [4.78, 5) is 9.02. The zero-order valence-corrected chi connectivity index (χ0v) is 17.2. The minimum absolute atomic E-state index is 0.579. The first-order valence-corrected chi connectivity index (χ1v) is 9.28. The molecule has 0 atom stereocenters. The number of methoxy groups -OCH3 is 3. The van der Waals surface area contributed by atoms with E-state index in [0.29, 0.717) is 30.5 Å². The third-order valence-electron chi connectivity index (χ3n) is 4.39. The molecule has 1 heterocycles. The van der Waals surface area contributed by atoms with Crippen LogP contribution in [0.1, 0.15) is 16.8 Å². The molecule has 0 aliphatic carbocycles. The number of nitrogens with zero attached hydrogens (tertiary/aromatic N) is 2. The van der Waals surface area contributed by atoms with Gasteiger partial charge in [0.05, 0.1) is 21.3 Å². The molecule has 0 radical (unpaired) electrons. The summed E-state index contributed by atoms with van der Waals surface area (Å²) in [5.41, 5.74) is 3.06. The SMILES string of the molecule is COc1ccc(CNc2nc(C)cc(NCc3ccc(OC)c(OC)c3)n2)cc1. The molecule has 0 unspecified atom stereocenters. The first-order valence-electron chi connectivity index (χ1n) is 9.28. The predicted octanol–water partition coefficient (Wildman–Crippen LogP) is 4.04. The molecule has 7 nitrogen and oxygen atoms in total. The van der Waals surface area contributed by atoms with Gasteiger partial charge in [0.15, 0.2) is 11.5 Å². The number of rotatable bonds is 9. The Morgan fingerprint density at radius 3 is 2.10 bits per heavy atom. The standard InChI is InChI=1S/C22H26N4O3/c1-15-11-21(23-14-17-7-10-19(28-3)20(12-17)29-4)26-22(25-15)24-13-16-5-8-18(27-2)9-6-16/h5-12H,13-14H2,1-4H3,(H2,23,24,25,26). The van der Waals surface area contributed by atoms with Gasteiger partial charge in [-0.1, -0.05) is 18.2 Å². The maximum atomic E-state index is 5.36. The highest BCUT2D eigenvalue weighted by atomic mass is 16.5. The van der Waals surface area contributed by atoms with Crippen molar-refractivity contribution in [3.63, 3.8) is 0 Å². The van der Waals surface area contributed by atoms with Crippen molar-refractivity contribution >= 4 is 11.8 Å². The molecule has 0 amide bonds. The minimum Gasteiger partial charge on any atom is -0.497 e. The third kappa shape index (κ3) is 5.51. The van der Waals surface area contributed by atoms with Crippen LogP contribution in [-0.4, -0.2) is 31.3 Å². The molecular weight excluding hydrogens is 368 g/mol. The van der Waals surface area contributed by atoms with Crippen LogP contribution in [0.3, 0.4) is 0 Å². The lowest BCUT2D eigenvalue weighted by Gasteiger charge is -2.12. The van der Waals surface area contributed by atoms with Gasteiger partial charge in [-0.25, -0.2) is 4.98 Å². The molecule has 0 saturated heterocycles. The Kier molecular flexibility index (Phi) is 6.73. The molecule has 0 aliphatic rings. The van der Waals surface area contributed by atoms with Crippen molar-refractivity contribution in [1.82, 2.24) is 9.97 Å². The Bertz CT molecular complexity index is 945. The van der Waals surface area contributed by atoms with Gasteiger partial charge in [0.25, 0.3) is 0 Å².